The van der Waals surface area contributed by atoms with Crippen molar-refractivity contribution >= 4 is 23.4 Å². The maximum atomic E-state index is 6.12. The van der Waals surface area contributed by atoms with Gasteiger partial charge in [0.05, 0.1) is 0 Å². The zero-order chi connectivity index (χ0) is 11.7. The van der Waals surface area contributed by atoms with Crippen molar-refractivity contribution in [1.82, 2.24) is 5.32 Å². The molecule has 0 radical (unpaired) electrons. The Hall–Kier alpha value is -0.180. The van der Waals surface area contributed by atoms with Crippen molar-refractivity contribution in [2.75, 3.05) is 5.75 Å². The van der Waals surface area contributed by atoms with E-state index in [0.717, 1.165) is 11.1 Å². The Balaban J connectivity index is 1.80. The third kappa shape index (κ3) is 2.64. The Kier molecular flexibility index (Phi) is 3.64. The maximum absolute atomic E-state index is 6.12. The summed E-state index contributed by atoms with van der Waals surface area (Å²) in [6, 6.07) is 7.58. The van der Waals surface area contributed by atoms with Crippen molar-refractivity contribution in [3.63, 3.8) is 0 Å². The summed E-state index contributed by atoms with van der Waals surface area (Å²) in [5, 5.41) is 4.69. The van der Waals surface area contributed by atoms with E-state index in [1.54, 1.807) is 0 Å². The van der Waals surface area contributed by atoms with Gasteiger partial charge in [-0.2, -0.15) is 0 Å². The Morgan fingerprint density at radius 1 is 1.18 bits per heavy atom. The Morgan fingerprint density at radius 3 is 2.82 bits per heavy atom. The van der Waals surface area contributed by atoms with Gasteiger partial charge in [-0.1, -0.05) is 24.4 Å². The fraction of sp³-hybridized carbons (Fsp3) is 0.571. The highest BCUT2D eigenvalue weighted by Crippen LogP contribution is 2.38. The normalized spacial score (nSPS) is 24.9. The first-order valence-corrected chi connectivity index (χ1v) is 7.87. The van der Waals surface area contributed by atoms with Gasteiger partial charge in [0.25, 0.3) is 0 Å². The van der Waals surface area contributed by atoms with Crippen LogP contribution in [0.25, 0.3) is 0 Å². The Labute approximate surface area is 112 Å². The second-order valence-corrected chi connectivity index (χ2v) is 6.59. The summed E-state index contributed by atoms with van der Waals surface area (Å²) in [6.45, 7) is 0. The van der Waals surface area contributed by atoms with Gasteiger partial charge in [0.15, 0.2) is 0 Å². The molecule has 1 nitrogen and oxygen atoms in total. The molecule has 2 aliphatic rings. The van der Waals surface area contributed by atoms with Crippen molar-refractivity contribution in [1.29, 1.82) is 0 Å². The van der Waals surface area contributed by atoms with Crippen LogP contribution in [0.2, 0.25) is 5.02 Å². The molecule has 0 amide bonds. The number of nitrogens with one attached hydrogen (secondary N) is 1. The number of fused-ring (bicyclic) bond motifs is 1. The Bertz CT molecular complexity index is 401. The van der Waals surface area contributed by atoms with E-state index < -0.39 is 0 Å². The molecule has 1 aromatic carbocycles. The lowest BCUT2D eigenvalue weighted by Crippen LogP contribution is -2.32. The highest BCUT2D eigenvalue weighted by molar-refractivity contribution is 7.99. The monoisotopic (exact) mass is 267 g/mol. The lowest BCUT2D eigenvalue weighted by atomic mass is 10.0. The molecule has 3 heteroatoms. The minimum Gasteiger partial charge on any atom is -0.307 e. The molecule has 1 unspecified atom stereocenters. The van der Waals surface area contributed by atoms with Crippen LogP contribution in [0, 0.1) is 0 Å². The summed E-state index contributed by atoms with van der Waals surface area (Å²) < 4.78 is 0. The first-order valence-electron chi connectivity index (χ1n) is 6.51. The van der Waals surface area contributed by atoms with Crippen LogP contribution in [0.5, 0.6) is 0 Å². The van der Waals surface area contributed by atoms with Crippen LogP contribution in [-0.2, 0) is 0 Å². The number of benzene rings is 1. The fourth-order valence-corrected chi connectivity index (χ4v) is 4.20. The second kappa shape index (κ2) is 5.21. The van der Waals surface area contributed by atoms with E-state index in [4.69, 9.17) is 11.6 Å². The largest absolute Gasteiger partial charge is 0.307 e. The third-order valence-corrected chi connectivity index (χ3v) is 5.16. The van der Waals surface area contributed by atoms with Gasteiger partial charge in [-0.3, -0.25) is 0 Å². The Morgan fingerprint density at radius 2 is 2.00 bits per heavy atom. The molecule has 1 aliphatic heterocycles. The molecule has 1 aliphatic carbocycles. The second-order valence-electron chi connectivity index (χ2n) is 5.02. The minimum atomic E-state index is 0.521. The van der Waals surface area contributed by atoms with Crippen molar-refractivity contribution in [3.05, 3.63) is 28.8 Å². The number of hydrogen-bond acceptors (Lipinski definition) is 2. The quantitative estimate of drug-likeness (QED) is 0.852. The lowest BCUT2D eigenvalue weighted by Gasteiger charge is -2.29. The molecule has 0 aromatic heterocycles. The topological polar surface area (TPSA) is 12.0 Å². The van der Waals surface area contributed by atoms with Crippen LogP contribution in [-0.4, -0.2) is 11.8 Å². The summed E-state index contributed by atoms with van der Waals surface area (Å²) in [6.07, 6.45) is 6.71. The highest BCUT2D eigenvalue weighted by Gasteiger charge is 2.24. The summed E-state index contributed by atoms with van der Waals surface area (Å²) >= 11 is 8.08. The smallest absolute Gasteiger partial charge is 0.0410 e. The molecule has 1 fully saturated rings. The van der Waals surface area contributed by atoms with E-state index in [0.29, 0.717) is 6.04 Å². The molecule has 1 saturated carbocycles. The van der Waals surface area contributed by atoms with Crippen LogP contribution in [0.1, 0.15) is 43.7 Å². The average molecular weight is 268 g/mol. The maximum Gasteiger partial charge on any atom is 0.0410 e. The van der Waals surface area contributed by atoms with Gasteiger partial charge in [-0.25, -0.2) is 0 Å². The van der Waals surface area contributed by atoms with Crippen LogP contribution in [0.4, 0.5) is 0 Å². The molecule has 92 valence electrons. The molecule has 1 aromatic rings. The van der Waals surface area contributed by atoms with Gasteiger partial charge in [0.2, 0.25) is 0 Å². The molecule has 0 spiro atoms. The predicted molar refractivity (Wildman–Crippen MR) is 74.9 cm³/mol. The molecule has 1 atom stereocenters. The van der Waals surface area contributed by atoms with Crippen LogP contribution in [0.3, 0.4) is 0 Å². The SMILES string of the molecule is Clc1ccc2c(c1)C(NC1CCCC1)CCS2. The molecule has 0 bridgehead atoms. The summed E-state index contributed by atoms with van der Waals surface area (Å²) in [5.74, 6) is 1.22. The lowest BCUT2D eigenvalue weighted by molar-refractivity contribution is 0.425. The van der Waals surface area contributed by atoms with E-state index in [9.17, 15) is 0 Å². The van der Waals surface area contributed by atoms with E-state index >= 15 is 0 Å². The summed E-state index contributed by atoms with van der Waals surface area (Å²) in [4.78, 5) is 1.41. The zero-order valence-electron chi connectivity index (χ0n) is 9.92. The summed E-state index contributed by atoms with van der Waals surface area (Å²) in [7, 11) is 0. The molecular formula is C14H18ClNS. The van der Waals surface area contributed by atoms with E-state index in [2.05, 4.69) is 17.4 Å². The van der Waals surface area contributed by atoms with E-state index in [-0.39, 0.29) is 0 Å². The van der Waals surface area contributed by atoms with Gasteiger partial charge < -0.3 is 5.32 Å². The first kappa shape index (κ1) is 11.9. The number of halogens is 1. The minimum absolute atomic E-state index is 0.521. The molecular weight excluding hydrogens is 250 g/mol. The van der Waals surface area contributed by atoms with Gasteiger partial charge in [-0.05, 0) is 48.8 Å². The van der Waals surface area contributed by atoms with Gasteiger partial charge in [0.1, 0.15) is 0 Å². The van der Waals surface area contributed by atoms with Gasteiger partial charge in [0, 0.05) is 22.0 Å². The predicted octanol–water partition coefficient (Wildman–Crippen LogP) is 4.41. The van der Waals surface area contributed by atoms with E-state index in [1.807, 2.05) is 17.8 Å². The first-order chi connectivity index (χ1) is 8.33. The van der Waals surface area contributed by atoms with Crippen LogP contribution >= 0.6 is 23.4 Å². The van der Waals surface area contributed by atoms with Crippen molar-refractivity contribution in [2.24, 2.45) is 0 Å². The van der Waals surface area contributed by atoms with Gasteiger partial charge >= 0.3 is 0 Å². The van der Waals surface area contributed by atoms with Crippen LogP contribution in [0.15, 0.2) is 23.1 Å². The summed E-state index contributed by atoms with van der Waals surface area (Å²) in [5.41, 5.74) is 1.42. The average Bonchev–Trinajstić information content (AvgIpc) is 2.83. The standard InChI is InChI=1S/C14H18ClNS/c15-10-5-6-14-12(9-10)13(7-8-17-14)16-11-3-1-2-4-11/h5-6,9,11,13,16H,1-4,7-8H2. The molecule has 0 saturated heterocycles. The number of rotatable bonds is 2. The molecule has 1 heterocycles. The number of hydrogen-bond donors (Lipinski definition) is 1. The van der Waals surface area contributed by atoms with Crippen molar-refractivity contribution < 1.29 is 0 Å². The molecule has 1 N–H and O–H groups in total. The van der Waals surface area contributed by atoms with Crippen LogP contribution < -0.4 is 5.32 Å². The number of thioether (sulfide) groups is 1. The fourth-order valence-electron chi connectivity index (χ4n) is 2.92. The van der Waals surface area contributed by atoms with Crippen molar-refractivity contribution in [2.45, 2.75) is 49.1 Å². The molecule has 3 rings (SSSR count). The van der Waals surface area contributed by atoms with Gasteiger partial charge in [-0.15, -0.1) is 11.8 Å². The molecule has 17 heavy (non-hydrogen) atoms. The van der Waals surface area contributed by atoms with E-state index in [1.165, 1.54) is 48.3 Å². The zero-order valence-corrected chi connectivity index (χ0v) is 11.5. The highest BCUT2D eigenvalue weighted by atomic mass is 35.5. The third-order valence-electron chi connectivity index (χ3n) is 3.80. The van der Waals surface area contributed by atoms with Crippen molar-refractivity contribution in [3.8, 4) is 0 Å².